The Morgan fingerprint density at radius 3 is 2.54 bits per heavy atom. The van der Waals surface area contributed by atoms with Crippen molar-refractivity contribution >= 4 is 33.3 Å². The minimum absolute atomic E-state index is 0.120. The molecule has 2 heterocycles. The van der Waals surface area contributed by atoms with Crippen LogP contribution in [0.4, 0.5) is 0 Å². The molecule has 0 fully saturated rings. The Morgan fingerprint density at radius 2 is 1.89 bits per heavy atom. The van der Waals surface area contributed by atoms with Crippen molar-refractivity contribution in [2.45, 2.75) is 40.2 Å². The molecule has 146 valence electrons. The van der Waals surface area contributed by atoms with Crippen molar-refractivity contribution < 1.29 is 14.3 Å². The van der Waals surface area contributed by atoms with Crippen molar-refractivity contribution in [1.29, 1.82) is 0 Å². The number of nitrogens with zero attached hydrogens (tertiary/aromatic N) is 2. The summed E-state index contributed by atoms with van der Waals surface area (Å²) in [5, 5.41) is 0.474. The second-order valence-corrected chi connectivity index (χ2v) is 7.65. The molecule has 0 unspecified atom stereocenters. The van der Waals surface area contributed by atoms with Gasteiger partial charge in [0.2, 0.25) is 5.82 Å². The second kappa shape index (κ2) is 8.48. The molecular weight excluding hydrogens is 376 g/mol. The van der Waals surface area contributed by atoms with Gasteiger partial charge in [-0.2, -0.15) is 0 Å². The van der Waals surface area contributed by atoms with Gasteiger partial charge in [-0.1, -0.05) is 30.3 Å². The fourth-order valence-corrected chi connectivity index (χ4v) is 4.29. The van der Waals surface area contributed by atoms with Crippen molar-refractivity contribution in [1.82, 2.24) is 9.55 Å². The normalized spacial score (nSPS) is 11.0. The zero-order valence-electron chi connectivity index (χ0n) is 16.2. The van der Waals surface area contributed by atoms with Gasteiger partial charge in [0.25, 0.3) is 5.56 Å². The van der Waals surface area contributed by atoms with Crippen LogP contribution in [0.2, 0.25) is 0 Å². The smallest absolute Gasteiger partial charge is 0.374 e. The SMILES string of the molecule is CCOC(=O)c1nc2sc(CCc3ccccc3)c(C)c2c(=O)n1CC(C)=O. The van der Waals surface area contributed by atoms with Crippen LogP contribution in [0.3, 0.4) is 0 Å². The third-order valence-electron chi connectivity index (χ3n) is 4.47. The average molecular weight is 398 g/mol. The summed E-state index contributed by atoms with van der Waals surface area (Å²) in [5.41, 5.74) is 1.71. The molecule has 3 aromatic rings. The number of carbonyl (C=O) groups is 2. The van der Waals surface area contributed by atoms with Crippen LogP contribution in [-0.4, -0.2) is 27.9 Å². The highest BCUT2D eigenvalue weighted by Gasteiger charge is 2.23. The predicted molar refractivity (Wildman–Crippen MR) is 109 cm³/mol. The lowest BCUT2D eigenvalue weighted by Crippen LogP contribution is -2.30. The topological polar surface area (TPSA) is 78.3 Å². The first-order chi connectivity index (χ1) is 13.4. The van der Waals surface area contributed by atoms with Gasteiger partial charge in [-0.3, -0.25) is 14.2 Å². The summed E-state index contributed by atoms with van der Waals surface area (Å²) < 4.78 is 6.16. The quantitative estimate of drug-likeness (QED) is 0.571. The van der Waals surface area contributed by atoms with E-state index in [1.807, 2.05) is 25.1 Å². The van der Waals surface area contributed by atoms with Crippen LogP contribution in [-0.2, 0) is 28.9 Å². The number of Topliss-reactive ketones (excluding diaryl/α,β-unsaturated/α-hetero) is 1. The lowest BCUT2D eigenvalue weighted by atomic mass is 10.1. The first-order valence-corrected chi connectivity index (χ1v) is 9.97. The van der Waals surface area contributed by atoms with E-state index in [9.17, 15) is 14.4 Å². The van der Waals surface area contributed by atoms with Crippen LogP contribution >= 0.6 is 11.3 Å². The molecule has 0 aliphatic rings. The number of benzene rings is 1. The van der Waals surface area contributed by atoms with Gasteiger partial charge in [-0.05, 0) is 44.7 Å². The molecule has 28 heavy (non-hydrogen) atoms. The number of ketones is 1. The number of hydrogen-bond acceptors (Lipinski definition) is 6. The summed E-state index contributed by atoms with van der Waals surface area (Å²) in [6.07, 6.45) is 1.62. The fourth-order valence-electron chi connectivity index (χ4n) is 3.12. The first kappa shape index (κ1) is 19.9. The van der Waals surface area contributed by atoms with Gasteiger partial charge in [-0.25, -0.2) is 9.78 Å². The monoisotopic (exact) mass is 398 g/mol. The Kier molecular flexibility index (Phi) is 6.04. The van der Waals surface area contributed by atoms with Crippen molar-refractivity contribution in [3.8, 4) is 0 Å². The molecule has 0 aliphatic heterocycles. The number of ether oxygens (including phenoxy) is 1. The highest BCUT2D eigenvalue weighted by atomic mass is 32.1. The molecular formula is C21H22N2O4S. The standard InChI is InChI=1S/C21H22N2O4S/c1-4-27-21(26)18-22-19-17(20(25)23(18)12-13(2)24)14(3)16(28-19)11-10-15-8-6-5-7-9-15/h5-9H,4,10-12H2,1-3H3. The maximum absolute atomic E-state index is 13.1. The van der Waals surface area contributed by atoms with E-state index < -0.39 is 5.97 Å². The molecule has 0 aliphatic carbocycles. The minimum atomic E-state index is -0.695. The molecule has 0 N–H and O–H groups in total. The van der Waals surface area contributed by atoms with E-state index in [1.54, 1.807) is 6.92 Å². The Labute approximate surface area is 166 Å². The van der Waals surface area contributed by atoms with E-state index in [-0.39, 0.29) is 30.3 Å². The summed E-state index contributed by atoms with van der Waals surface area (Å²) in [5.74, 6) is -1.05. The Hall–Kier alpha value is -2.80. The summed E-state index contributed by atoms with van der Waals surface area (Å²) >= 11 is 1.42. The summed E-state index contributed by atoms with van der Waals surface area (Å²) in [6, 6.07) is 10.1. The van der Waals surface area contributed by atoms with Gasteiger partial charge >= 0.3 is 5.97 Å². The third-order valence-corrected chi connectivity index (χ3v) is 5.72. The highest BCUT2D eigenvalue weighted by molar-refractivity contribution is 7.18. The summed E-state index contributed by atoms with van der Waals surface area (Å²) in [7, 11) is 0. The molecule has 0 amide bonds. The predicted octanol–water partition coefficient (Wildman–Crippen LogP) is 3.32. The van der Waals surface area contributed by atoms with Crippen LogP contribution in [0.25, 0.3) is 10.2 Å². The van der Waals surface area contributed by atoms with Gasteiger partial charge in [0.05, 0.1) is 18.5 Å². The van der Waals surface area contributed by atoms with Gasteiger partial charge in [0.15, 0.2) is 0 Å². The van der Waals surface area contributed by atoms with Gasteiger partial charge in [0.1, 0.15) is 10.6 Å². The third kappa shape index (κ3) is 4.04. The number of rotatable bonds is 7. The molecule has 0 spiro atoms. The van der Waals surface area contributed by atoms with Crippen LogP contribution in [0, 0.1) is 6.92 Å². The molecule has 0 saturated heterocycles. The van der Waals surface area contributed by atoms with E-state index in [0.717, 1.165) is 27.8 Å². The Morgan fingerprint density at radius 1 is 1.18 bits per heavy atom. The van der Waals surface area contributed by atoms with E-state index in [1.165, 1.54) is 23.8 Å². The highest BCUT2D eigenvalue weighted by Crippen LogP contribution is 2.28. The Balaban J connectivity index is 2.07. The number of hydrogen-bond donors (Lipinski definition) is 0. The minimum Gasteiger partial charge on any atom is -0.460 e. The number of esters is 1. The van der Waals surface area contributed by atoms with Crippen LogP contribution in [0.5, 0.6) is 0 Å². The molecule has 1 aromatic carbocycles. The zero-order valence-corrected chi connectivity index (χ0v) is 17.0. The number of fused-ring (bicyclic) bond motifs is 1. The number of carbonyl (C=O) groups excluding carboxylic acids is 2. The molecule has 3 rings (SSSR count). The summed E-state index contributed by atoms with van der Waals surface area (Å²) in [4.78, 5) is 43.0. The molecule has 0 saturated carbocycles. The fraction of sp³-hybridized carbons (Fsp3) is 0.333. The van der Waals surface area contributed by atoms with Crippen LogP contribution in [0.15, 0.2) is 35.1 Å². The summed E-state index contributed by atoms with van der Waals surface area (Å²) in [6.45, 7) is 4.91. The average Bonchev–Trinajstić information content (AvgIpc) is 2.98. The van der Waals surface area contributed by atoms with E-state index in [4.69, 9.17) is 4.74 Å². The molecule has 0 radical (unpaired) electrons. The maximum Gasteiger partial charge on any atom is 0.374 e. The van der Waals surface area contributed by atoms with Crippen molar-refractivity contribution in [2.75, 3.05) is 6.61 Å². The molecule has 6 nitrogen and oxygen atoms in total. The van der Waals surface area contributed by atoms with Gasteiger partial charge in [0, 0.05) is 4.88 Å². The lowest BCUT2D eigenvalue weighted by molar-refractivity contribution is -0.117. The van der Waals surface area contributed by atoms with E-state index in [2.05, 4.69) is 17.1 Å². The van der Waals surface area contributed by atoms with Gasteiger partial charge < -0.3 is 4.74 Å². The number of aromatic nitrogens is 2. The van der Waals surface area contributed by atoms with Crippen molar-refractivity contribution in [2.24, 2.45) is 0 Å². The number of thiophene rings is 1. The zero-order chi connectivity index (χ0) is 20.3. The van der Waals surface area contributed by atoms with Crippen LogP contribution in [0.1, 0.15) is 40.5 Å². The van der Waals surface area contributed by atoms with Crippen LogP contribution < -0.4 is 5.56 Å². The largest absolute Gasteiger partial charge is 0.460 e. The maximum atomic E-state index is 13.1. The molecule has 0 atom stereocenters. The molecule has 2 aromatic heterocycles. The van der Waals surface area contributed by atoms with Gasteiger partial charge in [-0.15, -0.1) is 11.3 Å². The Bertz CT molecular complexity index is 1080. The molecule has 0 bridgehead atoms. The lowest BCUT2D eigenvalue weighted by Gasteiger charge is -2.10. The van der Waals surface area contributed by atoms with E-state index in [0.29, 0.717) is 10.2 Å². The first-order valence-electron chi connectivity index (χ1n) is 9.15. The molecule has 7 heteroatoms. The van der Waals surface area contributed by atoms with Crippen molar-refractivity contribution in [3.63, 3.8) is 0 Å². The second-order valence-electron chi connectivity index (χ2n) is 6.57. The van der Waals surface area contributed by atoms with E-state index >= 15 is 0 Å². The van der Waals surface area contributed by atoms with Crippen molar-refractivity contribution in [3.05, 3.63) is 62.5 Å². The number of aryl methyl sites for hydroxylation is 3.